The molecular weight excluding hydrogens is 457 g/mol. The highest BCUT2D eigenvalue weighted by molar-refractivity contribution is 7.89. The Kier molecular flexibility index (Phi) is 7.57. The van der Waals surface area contributed by atoms with Crippen LogP contribution in [0.4, 0.5) is 4.39 Å². The molecule has 3 rings (SSSR count). The van der Waals surface area contributed by atoms with E-state index in [1.807, 2.05) is 11.4 Å². The summed E-state index contributed by atoms with van der Waals surface area (Å²) in [6.07, 6.45) is -0.978. The third kappa shape index (κ3) is 6.36. The molecule has 1 unspecified atom stereocenters. The van der Waals surface area contributed by atoms with Crippen LogP contribution < -0.4 is 20.3 Å². The van der Waals surface area contributed by atoms with Gasteiger partial charge in [0.25, 0.3) is 11.8 Å². The molecule has 8 nitrogen and oxygen atoms in total. The summed E-state index contributed by atoms with van der Waals surface area (Å²) in [7, 11) is -3.83. The Morgan fingerprint density at radius 1 is 1.06 bits per heavy atom. The molecule has 0 saturated heterocycles. The molecule has 11 heteroatoms. The average molecular weight is 478 g/mol. The molecule has 0 aliphatic heterocycles. The van der Waals surface area contributed by atoms with Crippen molar-refractivity contribution in [1.29, 1.82) is 0 Å². The lowest BCUT2D eigenvalue weighted by molar-refractivity contribution is -0.128. The van der Waals surface area contributed by atoms with E-state index in [0.29, 0.717) is 0 Å². The van der Waals surface area contributed by atoms with Crippen LogP contribution in [0.5, 0.6) is 5.75 Å². The average Bonchev–Trinajstić information content (AvgIpc) is 3.31. The van der Waals surface area contributed by atoms with Crippen molar-refractivity contribution in [2.45, 2.75) is 24.5 Å². The van der Waals surface area contributed by atoms with Crippen LogP contribution in [0.25, 0.3) is 0 Å². The number of carbonyl (C=O) groups excluding carboxylic acids is 2. The number of halogens is 1. The Morgan fingerprint density at radius 3 is 2.50 bits per heavy atom. The van der Waals surface area contributed by atoms with E-state index in [4.69, 9.17) is 4.74 Å². The third-order valence-corrected chi connectivity index (χ3v) is 6.49. The number of ether oxygens (including phenoxy) is 1. The van der Waals surface area contributed by atoms with E-state index in [0.717, 1.165) is 4.88 Å². The molecule has 1 aromatic heterocycles. The van der Waals surface area contributed by atoms with Crippen LogP contribution in [0.3, 0.4) is 0 Å². The molecule has 0 bridgehead atoms. The van der Waals surface area contributed by atoms with E-state index in [9.17, 15) is 22.4 Å². The minimum absolute atomic E-state index is 0.0383. The summed E-state index contributed by atoms with van der Waals surface area (Å²) >= 11 is 1.42. The van der Waals surface area contributed by atoms with Crippen molar-refractivity contribution < 1.29 is 27.1 Å². The molecule has 3 N–H and O–H groups in total. The molecule has 0 saturated carbocycles. The number of hydrazine groups is 1. The number of hydrogen-bond acceptors (Lipinski definition) is 6. The molecule has 0 aliphatic carbocycles. The van der Waals surface area contributed by atoms with Gasteiger partial charge in [0.05, 0.1) is 4.90 Å². The first-order valence-corrected chi connectivity index (χ1v) is 11.8. The quantitative estimate of drug-likeness (QED) is 0.432. The standard InChI is InChI=1S/C21H20FN3O5S2/c1-14(30-17-9-7-16(22)8-10-17)20(26)24-25-21(27)15-4-2-6-19(12-15)32(28,29)23-13-18-5-3-11-31-18/h2-12,14,23H,13H2,1H3,(H,24,26)(H,25,27). The van der Waals surface area contributed by atoms with E-state index in [2.05, 4.69) is 15.6 Å². The highest BCUT2D eigenvalue weighted by Crippen LogP contribution is 2.15. The van der Waals surface area contributed by atoms with Crippen molar-refractivity contribution in [1.82, 2.24) is 15.6 Å². The van der Waals surface area contributed by atoms with Crippen LogP contribution in [0.1, 0.15) is 22.2 Å². The number of rotatable bonds is 8. The van der Waals surface area contributed by atoms with Crippen molar-refractivity contribution in [2.75, 3.05) is 0 Å². The maximum Gasteiger partial charge on any atom is 0.279 e. The Bertz CT molecular complexity index is 1180. The third-order valence-electron chi connectivity index (χ3n) is 4.22. The summed E-state index contributed by atoms with van der Waals surface area (Å²) in [5, 5.41) is 1.84. The summed E-state index contributed by atoms with van der Waals surface area (Å²) in [6, 6.07) is 14.2. The molecule has 0 spiro atoms. The van der Waals surface area contributed by atoms with E-state index >= 15 is 0 Å². The number of nitrogens with one attached hydrogen (secondary N) is 3. The monoisotopic (exact) mass is 477 g/mol. The van der Waals surface area contributed by atoms with Crippen molar-refractivity contribution in [3.8, 4) is 5.75 Å². The molecule has 2 amide bonds. The normalized spacial score (nSPS) is 12.1. The molecule has 32 heavy (non-hydrogen) atoms. The summed E-state index contributed by atoms with van der Waals surface area (Å²) in [6.45, 7) is 1.59. The van der Waals surface area contributed by atoms with Crippen LogP contribution in [0, 0.1) is 5.82 Å². The van der Waals surface area contributed by atoms with Gasteiger partial charge in [-0.05, 0) is 60.8 Å². The van der Waals surface area contributed by atoms with Gasteiger partial charge < -0.3 is 4.74 Å². The lowest BCUT2D eigenvalue weighted by atomic mass is 10.2. The number of amides is 2. The molecule has 0 aliphatic rings. The number of hydrogen-bond donors (Lipinski definition) is 3. The van der Waals surface area contributed by atoms with E-state index in [1.165, 1.54) is 66.8 Å². The van der Waals surface area contributed by atoms with E-state index in [1.54, 1.807) is 6.07 Å². The first-order chi connectivity index (χ1) is 15.2. The van der Waals surface area contributed by atoms with Gasteiger partial charge >= 0.3 is 0 Å². The fourth-order valence-electron chi connectivity index (χ4n) is 2.53. The maximum absolute atomic E-state index is 12.9. The number of thiophene rings is 1. The SMILES string of the molecule is CC(Oc1ccc(F)cc1)C(=O)NNC(=O)c1cccc(S(=O)(=O)NCc2cccs2)c1. The first kappa shape index (κ1) is 23.4. The Labute approximate surface area is 188 Å². The van der Waals surface area contributed by atoms with E-state index < -0.39 is 33.8 Å². The summed E-state index contributed by atoms with van der Waals surface area (Å²) in [5.41, 5.74) is 4.47. The molecule has 168 valence electrons. The number of benzene rings is 2. The summed E-state index contributed by atoms with van der Waals surface area (Å²) in [4.78, 5) is 25.3. The van der Waals surface area contributed by atoms with Gasteiger partial charge in [-0.3, -0.25) is 20.4 Å². The van der Waals surface area contributed by atoms with Gasteiger partial charge in [-0.15, -0.1) is 11.3 Å². The maximum atomic E-state index is 12.9. The van der Waals surface area contributed by atoms with Crippen LogP contribution in [0.2, 0.25) is 0 Å². The minimum Gasteiger partial charge on any atom is -0.481 e. The van der Waals surface area contributed by atoms with Gasteiger partial charge in [-0.25, -0.2) is 17.5 Å². The van der Waals surface area contributed by atoms with Crippen LogP contribution in [-0.4, -0.2) is 26.3 Å². The van der Waals surface area contributed by atoms with Gasteiger partial charge in [0.1, 0.15) is 11.6 Å². The molecule has 3 aromatic rings. The Balaban J connectivity index is 1.56. The predicted octanol–water partition coefficient (Wildman–Crippen LogP) is 2.59. The molecule has 2 aromatic carbocycles. The van der Waals surface area contributed by atoms with Gasteiger partial charge in [0.2, 0.25) is 10.0 Å². The predicted molar refractivity (Wildman–Crippen MR) is 117 cm³/mol. The largest absolute Gasteiger partial charge is 0.481 e. The molecule has 0 radical (unpaired) electrons. The van der Waals surface area contributed by atoms with Crippen LogP contribution in [-0.2, 0) is 21.4 Å². The smallest absolute Gasteiger partial charge is 0.279 e. The number of sulfonamides is 1. The molecular formula is C21H20FN3O5S2. The Hall–Kier alpha value is -3.28. The second-order valence-electron chi connectivity index (χ2n) is 6.59. The lowest BCUT2D eigenvalue weighted by Gasteiger charge is -2.15. The fourth-order valence-corrected chi connectivity index (χ4v) is 4.32. The van der Waals surface area contributed by atoms with Gasteiger partial charge in [-0.1, -0.05) is 12.1 Å². The second-order valence-corrected chi connectivity index (χ2v) is 9.39. The zero-order chi connectivity index (χ0) is 23.1. The van der Waals surface area contributed by atoms with Gasteiger partial charge in [0, 0.05) is 17.0 Å². The van der Waals surface area contributed by atoms with Crippen LogP contribution in [0.15, 0.2) is 70.9 Å². The lowest BCUT2D eigenvalue weighted by Crippen LogP contribution is -2.47. The van der Waals surface area contributed by atoms with Gasteiger partial charge in [0.15, 0.2) is 6.10 Å². The highest BCUT2D eigenvalue weighted by Gasteiger charge is 2.18. The second kappa shape index (κ2) is 10.4. The zero-order valence-electron chi connectivity index (χ0n) is 16.9. The summed E-state index contributed by atoms with van der Waals surface area (Å²) < 4.78 is 45.8. The molecule has 1 atom stereocenters. The zero-order valence-corrected chi connectivity index (χ0v) is 18.5. The number of carbonyl (C=O) groups is 2. The van der Waals surface area contributed by atoms with Crippen molar-refractivity contribution in [3.05, 3.63) is 82.3 Å². The van der Waals surface area contributed by atoms with Crippen molar-refractivity contribution in [2.24, 2.45) is 0 Å². The van der Waals surface area contributed by atoms with Crippen molar-refractivity contribution >= 4 is 33.2 Å². The highest BCUT2D eigenvalue weighted by atomic mass is 32.2. The fraction of sp³-hybridized carbons (Fsp3) is 0.143. The minimum atomic E-state index is -3.83. The Morgan fingerprint density at radius 2 is 1.81 bits per heavy atom. The molecule has 1 heterocycles. The topological polar surface area (TPSA) is 114 Å². The van der Waals surface area contributed by atoms with Gasteiger partial charge in [-0.2, -0.15) is 0 Å². The van der Waals surface area contributed by atoms with Crippen LogP contribution >= 0.6 is 11.3 Å². The summed E-state index contributed by atoms with van der Waals surface area (Å²) in [5.74, 6) is -1.51. The molecule has 0 fully saturated rings. The van der Waals surface area contributed by atoms with Crippen molar-refractivity contribution in [3.63, 3.8) is 0 Å². The first-order valence-electron chi connectivity index (χ1n) is 9.39. The van der Waals surface area contributed by atoms with E-state index in [-0.39, 0.29) is 22.8 Å².